The van der Waals surface area contributed by atoms with E-state index in [1.54, 1.807) is 16.6 Å². The number of ether oxygens (including phenoxy) is 2. The van der Waals surface area contributed by atoms with Gasteiger partial charge in [-0.15, -0.1) is 0 Å². The highest BCUT2D eigenvalue weighted by Crippen LogP contribution is 2.29. The van der Waals surface area contributed by atoms with Crippen molar-refractivity contribution in [3.05, 3.63) is 54.2 Å². The van der Waals surface area contributed by atoms with Gasteiger partial charge in [-0.05, 0) is 50.8 Å². The SMILES string of the molecule is CSN(Cc1ccc(Oc2ccccc2)nc1)C(=O)[C@@H](CC1CCCCC1)NC(=O)OC(C)(C)C. The lowest BCUT2D eigenvalue weighted by molar-refractivity contribution is -0.129. The van der Waals surface area contributed by atoms with E-state index in [2.05, 4.69) is 10.3 Å². The number of aromatic nitrogens is 1. The standard InChI is InChI=1S/C27H37N3O4S/c1-27(2,3)34-26(32)29-23(17-20-11-7-5-8-12-20)25(31)30(35-4)19-21-15-16-24(28-18-21)33-22-13-9-6-10-14-22/h6,9-10,13-16,18,20,23H,5,7-8,11-12,17,19H2,1-4H3,(H,29,32)/t23-/m1/s1. The van der Waals surface area contributed by atoms with Gasteiger partial charge in [0.25, 0.3) is 5.91 Å². The van der Waals surface area contributed by atoms with Crippen molar-refractivity contribution in [3.8, 4) is 11.6 Å². The fourth-order valence-corrected chi connectivity index (χ4v) is 4.76. The molecule has 1 N–H and O–H groups in total. The minimum Gasteiger partial charge on any atom is -0.444 e. The maximum absolute atomic E-state index is 13.6. The van der Waals surface area contributed by atoms with E-state index < -0.39 is 17.7 Å². The number of nitrogens with one attached hydrogen (secondary N) is 1. The van der Waals surface area contributed by atoms with Gasteiger partial charge in [0.15, 0.2) is 0 Å². The number of benzene rings is 1. The van der Waals surface area contributed by atoms with Gasteiger partial charge in [0.1, 0.15) is 17.4 Å². The minimum absolute atomic E-state index is 0.126. The van der Waals surface area contributed by atoms with Gasteiger partial charge in [0.05, 0.1) is 6.54 Å². The van der Waals surface area contributed by atoms with Crippen LogP contribution in [-0.2, 0) is 16.1 Å². The smallest absolute Gasteiger partial charge is 0.408 e. The first-order valence-corrected chi connectivity index (χ1v) is 13.4. The first kappa shape index (κ1) is 26.9. The highest BCUT2D eigenvalue weighted by Gasteiger charge is 2.31. The number of hydrogen-bond acceptors (Lipinski definition) is 6. The van der Waals surface area contributed by atoms with Crippen molar-refractivity contribution < 1.29 is 19.1 Å². The fourth-order valence-electron chi connectivity index (χ4n) is 4.17. The van der Waals surface area contributed by atoms with E-state index in [9.17, 15) is 9.59 Å². The third-order valence-electron chi connectivity index (χ3n) is 5.84. The van der Waals surface area contributed by atoms with E-state index in [1.165, 1.54) is 31.2 Å². The first-order chi connectivity index (χ1) is 16.7. The number of carbonyl (C=O) groups is 2. The van der Waals surface area contributed by atoms with Crippen LogP contribution in [0.1, 0.15) is 64.9 Å². The molecule has 8 heteroatoms. The monoisotopic (exact) mass is 499 g/mol. The molecule has 0 spiro atoms. The third-order valence-corrected chi connectivity index (χ3v) is 6.59. The summed E-state index contributed by atoms with van der Waals surface area (Å²) >= 11 is 1.34. The molecule has 7 nitrogen and oxygen atoms in total. The van der Waals surface area contributed by atoms with Crippen molar-refractivity contribution in [1.29, 1.82) is 0 Å². The normalized spacial score (nSPS) is 15.2. The highest BCUT2D eigenvalue weighted by molar-refractivity contribution is 7.96. The number of amides is 2. The van der Waals surface area contributed by atoms with Crippen LogP contribution < -0.4 is 10.1 Å². The molecular formula is C27H37N3O4S. The lowest BCUT2D eigenvalue weighted by Gasteiger charge is -2.30. The summed E-state index contributed by atoms with van der Waals surface area (Å²) < 4.78 is 12.9. The number of hydrogen-bond donors (Lipinski definition) is 1. The molecule has 0 bridgehead atoms. The Morgan fingerprint density at radius 1 is 1.11 bits per heavy atom. The van der Waals surface area contributed by atoms with Gasteiger partial charge < -0.3 is 14.8 Å². The van der Waals surface area contributed by atoms with Crippen LogP contribution in [0.4, 0.5) is 4.79 Å². The summed E-state index contributed by atoms with van der Waals surface area (Å²) in [6.45, 7) is 5.82. The Bertz CT molecular complexity index is 941. The van der Waals surface area contributed by atoms with Crippen molar-refractivity contribution in [3.63, 3.8) is 0 Å². The summed E-state index contributed by atoms with van der Waals surface area (Å²) in [5.41, 5.74) is 0.249. The Balaban J connectivity index is 1.67. The van der Waals surface area contributed by atoms with Gasteiger partial charge in [0, 0.05) is 18.5 Å². The van der Waals surface area contributed by atoms with Crippen LogP contribution in [0.2, 0.25) is 0 Å². The Morgan fingerprint density at radius 3 is 2.43 bits per heavy atom. The van der Waals surface area contributed by atoms with Crippen LogP contribution in [0.25, 0.3) is 0 Å². The van der Waals surface area contributed by atoms with Crippen molar-refractivity contribution in [2.24, 2.45) is 5.92 Å². The van der Waals surface area contributed by atoms with Crippen molar-refractivity contribution >= 4 is 23.9 Å². The number of carbonyl (C=O) groups excluding carboxylic acids is 2. The van der Waals surface area contributed by atoms with Crippen LogP contribution in [0, 0.1) is 5.92 Å². The van der Waals surface area contributed by atoms with Gasteiger partial charge in [-0.1, -0.05) is 68.3 Å². The molecule has 2 aromatic rings. The number of alkyl carbamates (subject to hydrolysis) is 1. The average Bonchev–Trinajstić information content (AvgIpc) is 2.83. The predicted octanol–water partition coefficient (Wildman–Crippen LogP) is 6.34. The van der Waals surface area contributed by atoms with Gasteiger partial charge in [-0.3, -0.25) is 9.10 Å². The summed E-state index contributed by atoms with van der Waals surface area (Å²) in [5.74, 6) is 1.50. The molecule has 1 fully saturated rings. The molecule has 190 valence electrons. The van der Waals surface area contributed by atoms with E-state index in [1.807, 2.05) is 63.4 Å². The molecule has 1 aromatic carbocycles. The van der Waals surface area contributed by atoms with E-state index in [4.69, 9.17) is 9.47 Å². The molecule has 3 rings (SSSR count). The highest BCUT2D eigenvalue weighted by atomic mass is 32.2. The molecule has 0 saturated heterocycles. The van der Waals surface area contributed by atoms with E-state index in [0.29, 0.717) is 30.5 Å². The molecule has 1 aliphatic rings. The Morgan fingerprint density at radius 2 is 1.83 bits per heavy atom. The predicted molar refractivity (Wildman–Crippen MR) is 139 cm³/mol. The van der Waals surface area contributed by atoms with Gasteiger partial charge in [0.2, 0.25) is 5.88 Å². The van der Waals surface area contributed by atoms with E-state index in [0.717, 1.165) is 18.4 Å². The minimum atomic E-state index is -0.631. The van der Waals surface area contributed by atoms with Gasteiger partial charge >= 0.3 is 6.09 Å². The van der Waals surface area contributed by atoms with Crippen LogP contribution in [-0.4, -0.2) is 39.2 Å². The number of rotatable bonds is 9. The molecule has 0 aliphatic heterocycles. The van der Waals surface area contributed by atoms with E-state index in [-0.39, 0.29) is 5.91 Å². The van der Waals surface area contributed by atoms with Crippen molar-refractivity contribution in [2.75, 3.05) is 6.26 Å². The Labute approximate surface area is 213 Å². The van der Waals surface area contributed by atoms with Crippen LogP contribution in [0.15, 0.2) is 48.7 Å². The largest absolute Gasteiger partial charge is 0.444 e. The molecule has 2 amide bonds. The van der Waals surface area contributed by atoms with Crippen molar-refractivity contribution in [1.82, 2.24) is 14.6 Å². The molecule has 1 atom stereocenters. The molecule has 0 unspecified atom stereocenters. The number of para-hydroxylation sites is 1. The van der Waals surface area contributed by atoms with E-state index >= 15 is 0 Å². The van der Waals surface area contributed by atoms with Gasteiger partial charge in [-0.2, -0.15) is 0 Å². The summed E-state index contributed by atoms with van der Waals surface area (Å²) in [5, 5.41) is 2.86. The average molecular weight is 500 g/mol. The fraction of sp³-hybridized carbons (Fsp3) is 0.519. The topological polar surface area (TPSA) is 80.8 Å². The van der Waals surface area contributed by atoms with Gasteiger partial charge in [-0.25, -0.2) is 9.78 Å². The molecule has 35 heavy (non-hydrogen) atoms. The quantitative estimate of drug-likeness (QED) is 0.405. The zero-order chi connectivity index (χ0) is 25.3. The number of nitrogens with zero attached hydrogens (tertiary/aromatic N) is 2. The van der Waals surface area contributed by atoms with Crippen molar-refractivity contribution in [2.45, 2.75) is 77.5 Å². The molecule has 1 aliphatic carbocycles. The Hall–Kier alpha value is -2.74. The summed E-state index contributed by atoms with van der Waals surface area (Å²) in [6.07, 6.45) is 9.41. The molecule has 1 saturated carbocycles. The second-order valence-corrected chi connectivity index (χ2v) is 10.7. The maximum Gasteiger partial charge on any atom is 0.408 e. The van der Waals surface area contributed by atoms with Crippen LogP contribution >= 0.6 is 11.9 Å². The summed E-state index contributed by atoms with van der Waals surface area (Å²) in [4.78, 5) is 30.5. The zero-order valence-corrected chi connectivity index (χ0v) is 22.0. The second-order valence-electron chi connectivity index (χ2n) is 9.92. The van der Waals surface area contributed by atoms with Crippen LogP contribution in [0.3, 0.4) is 0 Å². The Kier molecular flexibility index (Phi) is 9.83. The molecule has 1 heterocycles. The molecule has 1 aromatic heterocycles. The zero-order valence-electron chi connectivity index (χ0n) is 21.2. The van der Waals surface area contributed by atoms with Crippen LogP contribution in [0.5, 0.6) is 11.6 Å². The number of pyridine rings is 1. The maximum atomic E-state index is 13.6. The molecular weight excluding hydrogens is 462 g/mol. The third kappa shape index (κ3) is 9.09. The lowest BCUT2D eigenvalue weighted by atomic mass is 9.84. The molecule has 0 radical (unpaired) electrons. The second kappa shape index (κ2) is 12.8. The first-order valence-electron chi connectivity index (χ1n) is 12.3. The summed E-state index contributed by atoms with van der Waals surface area (Å²) in [6, 6.07) is 12.5. The summed E-state index contributed by atoms with van der Waals surface area (Å²) in [7, 11) is 0. The lowest BCUT2D eigenvalue weighted by Crippen LogP contribution is -2.48.